The summed E-state index contributed by atoms with van der Waals surface area (Å²) >= 11 is 6.67. The number of benzene rings is 1. The molecule has 0 spiro atoms. The van der Waals surface area contributed by atoms with Crippen molar-refractivity contribution in [2.75, 3.05) is 20.7 Å². The van der Waals surface area contributed by atoms with Crippen molar-refractivity contribution in [2.24, 2.45) is 0 Å². The second kappa shape index (κ2) is 6.61. The first kappa shape index (κ1) is 14.0. The summed E-state index contributed by atoms with van der Waals surface area (Å²) in [6.07, 6.45) is 0. The number of nitrogens with zero attached hydrogens (tertiary/aromatic N) is 1. The number of thiocarbonyl (C=S) groups is 1. The molecule has 0 aliphatic rings. The van der Waals surface area contributed by atoms with Crippen LogP contribution in [0.15, 0.2) is 29.2 Å². The lowest BCUT2D eigenvalue weighted by Gasteiger charge is -2.12. The number of esters is 1. The molecule has 0 aliphatic heterocycles. The number of thioether (sulfide) groups is 1. The topological polar surface area (TPSA) is 29.5 Å². The van der Waals surface area contributed by atoms with E-state index in [9.17, 15) is 4.79 Å². The summed E-state index contributed by atoms with van der Waals surface area (Å²) < 4.78 is 5.69. The molecule has 0 atom stereocenters. The molecule has 0 unspecified atom stereocenters. The summed E-state index contributed by atoms with van der Waals surface area (Å²) in [4.78, 5) is 14.3. The Hall–Kier alpha value is -1.07. The van der Waals surface area contributed by atoms with Gasteiger partial charge in [0, 0.05) is 19.0 Å². The van der Waals surface area contributed by atoms with Gasteiger partial charge in [-0.05, 0) is 31.2 Å². The first-order chi connectivity index (χ1) is 8.04. The maximum absolute atomic E-state index is 11.4. The van der Waals surface area contributed by atoms with E-state index in [1.54, 1.807) is 19.1 Å². The van der Waals surface area contributed by atoms with Crippen molar-refractivity contribution in [3.05, 3.63) is 29.8 Å². The van der Waals surface area contributed by atoms with Crippen LogP contribution < -0.4 is 0 Å². The average Bonchev–Trinajstić information content (AvgIpc) is 2.30. The van der Waals surface area contributed by atoms with Gasteiger partial charge in [-0.15, -0.1) is 0 Å². The standard InChI is InChI=1S/C12H15NO2S2/c1-4-15-11(14)9-5-7-10(8-6-9)17-12(16)13(2)3/h5-8H,4H2,1-3H3. The molecule has 0 bridgehead atoms. The Morgan fingerprint density at radius 1 is 1.35 bits per heavy atom. The number of carbonyl (C=O) groups is 1. The Morgan fingerprint density at radius 2 is 1.94 bits per heavy atom. The Morgan fingerprint density at radius 3 is 2.41 bits per heavy atom. The normalized spacial score (nSPS) is 9.82. The summed E-state index contributed by atoms with van der Waals surface area (Å²) in [5, 5.41) is 0. The van der Waals surface area contributed by atoms with Gasteiger partial charge in [-0.1, -0.05) is 24.0 Å². The minimum Gasteiger partial charge on any atom is -0.462 e. The van der Waals surface area contributed by atoms with E-state index in [0.29, 0.717) is 12.2 Å². The predicted octanol–water partition coefficient (Wildman–Crippen LogP) is 2.80. The van der Waals surface area contributed by atoms with Crippen molar-refractivity contribution >= 4 is 34.3 Å². The molecule has 1 rings (SSSR count). The van der Waals surface area contributed by atoms with Gasteiger partial charge in [-0.25, -0.2) is 4.79 Å². The van der Waals surface area contributed by atoms with Gasteiger partial charge in [0.15, 0.2) is 0 Å². The summed E-state index contributed by atoms with van der Waals surface area (Å²) in [6, 6.07) is 7.23. The van der Waals surface area contributed by atoms with Crippen LogP contribution in [0.3, 0.4) is 0 Å². The van der Waals surface area contributed by atoms with E-state index in [-0.39, 0.29) is 5.97 Å². The van der Waals surface area contributed by atoms with Gasteiger partial charge in [-0.2, -0.15) is 0 Å². The number of rotatable bonds is 3. The molecule has 0 N–H and O–H groups in total. The molecule has 0 aliphatic carbocycles. The Bertz CT molecular complexity index is 401. The molecule has 1 aromatic rings. The van der Waals surface area contributed by atoms with Gasteiger partial charge in [0.2, 0.25) is 0 Å². The highest BCUT2D eigenvalue weighted by atomic mass is 32.2. The molecule has 5 heteroatoms. The summed E-state index contributed by atoms with van der Waals surface area (Å²) in [5.74, 6) is -0.292. The van der Waals surface area contributed by atoms with Crippen molar-refractivity contribution in [1.29, 1.82) is 0 Å². The fourth-order valence-corrected chi connectivity index (χ4v) is 2.01. The summed E-state index contributed by atoms with van der Waals surface area (Å²) in [7, 11) is 3.81. The van der Waals surface area contributed by atoms with E-state index in [1.807, 2.05) is 31.1 Å². The third kappa shape index (κ3) is 4.36. The molecule has 0 aromatic heterocycles. The fraction of sp³-hybridized carbons (Fsp3) is 0.333. The maximum atomic E-state index is 11.4. The molecular weight excluding hydrogens is 254 g/mol. The van der Waals surface area contributed by atoms with Crippen molar-refractivity contribution in [3.8, 4) is 0 Å². The monoisotopic (exact) mass is 269 g/mol. The quantitative estimate of drug-likeness (QED) is 0.478. The zero-order chi connectivity index (χ0) is 12.8. The first-order valence-corrected chi connectivity index (χ1v) is 6.43. The van der Waals surface area contributed by atoms with Crippen LogP contribution in [0.5, 0.6) is 0 Å². The van der Waals surface area contributed by atoms with Crippen molar-refractivity contribution in [3.63, 3.8) is 0 Å². The molecule has 0 radical (unpaired) electrons. The van der Waals surface area contributed by atoms with E-state index in [2.05, 4.69) is 0 Å². The van der Waals surface area contributed by atoms with Gasteiger partial charge in [0.25, 0.3) is 0 Å². The van der Waals surface area contributed by atoms with Crippen LogP contribution in [0.2, 0.25) is 0 Å². The van der Waals surface area contributed by atoms with E-state index in [1.165, 1.54) is 11.8 Å². The van der Waals surface area contributed by atoms with Gasteiger partial charge < -0.3 is 9.64 Å². The Labute approximate surface area is 111 Å². The molecule has 0 fully saturated rings. The molecule has 0 amide bonds. The first-order valence-electron chi connectivity index (χ1n) is 5.21. The Balaban J connectivity index is 2.68. The van der Waals surface area contributed by atoms with Crippen LogP contribution in [0.25, 0.3) is 0 Å². The lowest BCUT2D eigenvalue weighted by molar-refractivity contribution is 0.0526. The highest BCUT2D eigenvalue weighted by molar-refractivity contribution is 8.22. The molecule has 17 heavy (non-hydrogen) atoms. The second-order valence-electron chi connectivity index (χ2n) is 3.51. The number of hydrogen-bond donors (Lipinski definition) is 0. The molecule has 1 aromatic carbocycles. The lowest BCUT2D eigenvalue weighted by atomic mass is 10.2. The second-order valence-corrected chi connectivity index (χ2v) is 5.21. The van der Waals surface area contributed by atoms with Crippen LogP contribution >= 0.6 is 24.0 Å². The summed E-state index contributed by atoms with van der Waals surface area (Å²) in [6.45, 7) is 2.18. The van der Waals surface area contributed by atoms with E-state index in [4.69, 9.17) is 17.0 Å². The van der Waals surface area contributed by atoms with Crippen LogP contribution in [-0.4, -0.2) is 35.9 Å². The van der Waals surface area contributed by atoms with Gasteiger partial charge in [0.05, 0.1) is 12.2 Å². The highest BCUT2D eigenvalue weighted by Gasteiger charge is 2.07. The third-order valence-corrected chi connectivity index (χ3v) is 3.60. The third-order valence-electron chi connectivity index (χ3n) is 1.94. The van der Waals surface area contributed by atoms with Crippen molar-refractivity contribution < 1.29 is 9.53 Å². The van der Waals surface area contributed by atoms with E-state index < -0.39 is 0 Å². The van der Waals surface area contributed by atoms with Crippen molar-refractivity contribution in [1.82, 2.24) is 4.90 Å². The van der Waals surface area contributed by atoms with E-state index in [0.717, 1.165) is 9.22 Å². The highest BCUT2D eigenvalue weighted by Crippen LogP contribution is 2.21. The summed E-state index contributed by atoms with van der Waals surface area (Å²) in [5.41, 5.74) is 0.562. The molecule has 3 nitrogen and oxygen atoms in total. The minimum atomic E-state index is -0.292. The van der Waals surface area contributed by atoms with Crippen LogP contribution in [0, 0.1) is 0 Å². The SMILES string of the molecule is CCOC(=O)c1ccc(SC(=S)N(C)C)cc1. The van der Waals surface area contributed by atoms with Crippen LogP contribution in [0.1, 0.15) is 17.3 Å². The largest absolute Gasteiger partial charge is 0.462 e. The zero-order valence-electron chi connectivity index (χ0n) is 10.1. The number of ether oxygens (including phenoxy) is 1. The number of hydrogen-bond acceptors (Lipinski definition) is 4. The maximum Gasteiger partial charge on any atom is 0.338 e. The molecule has 0 saturated carbocycles. The van der Waals surface area contributed by atoms with Gasteiger partial charge in [0.1, 0.15) is 4.32 Å². The fourth-order valence-electron chi connectivity index (χ4n) is 1.07. The lowest BCUT2D eigenvalue weighted by Crippen LogP contribution is -2.15. The minimum absolute atomic E-state index is 0.292. The van der Waals surface area contributed by atoms with Crippen molar-refractivity contribution in [2.45, 2.75) is 11.8 Å². The number of carbonyl (C=O) groups excluding carboxylic acids is 1. The van der Waals surface area contributed by atoms with Gasteiger partial charge >= 0.3 is 5.97 Å². The molecule has 92 valence electrons. The van der Waals surface area contributed by atoms with E-state index >= 15 is 0 Å². The Kier molecular flexibility index (Phi) is 5.44. The predicted molar refractivity (Wildman–Crippen MR) is 74.5 cm³/mol. The average molecular weight is 269 g/mol. The molecular formula is C12H15NO2S2. The van der Waals surface area contributed by atoms with Gasteiger partial charge in [-0.3, -0.25) is 0 Å². The van der Waals surface area contributed by atoms with Crippen LogP contribution in [-0.2, 0) is 4.74 Å². The van der Waals surface area contributed by atoms with Crippen LogP contribution in [0.4, 0.5) is 0 Å². The zero-order valence-corrected chi connectivity index (χ0v) is 11.7. The molecule has 0 saturated heterocycles. The molecule has 0 heterocycles. The smallest absolute Gasteiger partial charge is 0.338 e.